The Bertz CT molecular complexity index is 390. The lowest BCUT2D eigenvalue weighted by atomic mass is 9.64. The molecule has 1 saturated carbocycles. The zero-order valence-corrected chi connectivity index (χ0v) is 15.3. The highest BCUT2D eigenvalue weighted by Crippen LogP contribution is 2.43. The molecular formula is C18H35N3O2. The van der Waals surface area contributed by atoms with Crippen molar-refractivity contribution in [3.63, 3.8) is 0 Å². The van der Waals surface area contributed by atoms with Gasteiger partial charge in [-0.3, -0.25) is 4.99 Å². The van der Waals surface area contributed by atoms with Crippen molar-refractivity contribution in [1.82, 2.24) is 10.2 Å². The van der Waals surface area contributed by atoms with E-state index in [4.69, 9.17) is 4.74 Å². The molecule has 1 aliphatic carbocycles. The fourth-order valence-electron chi connectivity index (χ4n) is 3.40. The first-order valence-electron chi connectivity index (χ1n) is 9.34. The SMILES string of the molecule is CCCCOC1CC(NC(=NCC)N2CCC(O)CC2)C1(C)C. The molecule has 5 nitrogen and oxygen atoms in total. The fourth-order valence-corrected chi connectivity index (χ4v) is 3.40. The summed E-state index contributed by atoms with van der Waals surface area (Å²) in [6.07, 6.45) is 5.24. The average Bonchev–Trinajstić information content (AvgIpc) is 2.53. The van der Waals surface area contributed by atoms with Gasteiger partial charge in [0.2, 0.25) is 0 Å². The van der Waals surface area contributed by atoms with Crippen molar-refractivity contribution in [3.05, 3.63) is 0 Å². The van der Waals surface area contributed by atoms with E-state index < -0.39 is 0 Å². The maximum absolute atomic E-state index is 9.69. The summed E-state index contributed by atoms with van der Waals surface area (Å²) in [5.74, 6) is 1.00. The normalized spacial score (nSPS) is 28.6. The summed E-state index contributed by atoms with van der Waals surface area (Å²) in [7, 11) is 0. The van der Waals surface area contributed by atoms with Crippen LogP contribution in [0.25, 0.3) is 0 Å². The van der Waals surface area contributed by atoms with Gasteiger partial charge in [0.1, 0.15) is 0 Å². The van der Waals surface area contributed by atoms with Crippen LogP contribution in [0.4, 0.5) is 0 Å². The van der Waals surface area contributed by atoms with Crippen LogP contribution in [-0.4, -0.2) is 60.5 Å². The number of aliphatic hydroxyl groups is 1. The van der Waals surface area contributed by atoms with E-state index in [-0.39, 0.29) is 11.5 Å². The fraction of sp³-hybridized carbons (Fsp3) is 0.944. The number of guanidine groups is 1. The van der Waals surface area contributed by atoms with Gasteiger partial charge in [0.15, 0.2) is 5.96 Å². The molecular weight excluding hydrogens is 290 g/mol. The van der Waals surface area contributed by atoms with E-state index in [1.54, 1.807) is 0 Å². The third-order valence-corrected chi connectivity index (χ3v) is 5.37. The van der Waals surface area contributed by atoms with E-state index in [2.05, 4.69) is 42.9 Å². The van der Waals surface area contributed by atoms with E-state index in [0.717, 1.165) is 57.9 Å². The predicted molar refractivity (Wildman–Crippen MR) is 94.8 cm³/mol. The van der Waals surface area contributed by atoms with Crippen LogP contribution in [0.15, 0.2) is 4.99 Å². The Balaban J connectivity index is 1.87. The third-order valence-electron chi connectivity index (χ3n) is 5.37. The average molecular weight is 325 g/mol. The van der Waals surface area contributed by atoms with Gasteiger partial charge in [-0.1, -0.05) is 27.2 Å². The molecule has 0 aromatic heterocycles. The maximum Gasteiger partial charge on any atom is 0.194 e. The van der Waals surface area contributed by atoms with Crippen molar-refractivity contribution in [2.75, 3.05) is 26.2 Å². The first-order chi connectivity index (χ1) is 11.0. The highest BCUT2D eigenvalue weighted by Gasteiger charge is 2.49. The molecule has 2 unspecified atom stereocenters. The van der Waals surface area contributed by atoms with Gasteiger partial charge >= 0.3 is 0 Å². The standard InChI is InChI=1S/C18H35N3O2/c1-5-7-12-23-16-13-15(18(16,3)4)20-17(19-6-2)21-10-8-14(22)9-11-21/h14-16,22H,5-13H2,1-4H3,(H,19,20). The van der Waals surface area contributed by atoms with E-state index in [0.29, 0.717) is 12.1 Å². The van der Waals surface area contributed by atoms with Crippen LogP contribution in [-0.2, 0) is 4.74 Å². The maximum atomic E-state index is 9.69. The van der Waals surface area contributed by atoms with Gasteiger partial charge in [-0.25, -0.2) is 0 Å². The zero-order valence-electron chi connectivity index (χ0n) is 15.3. The molecule has 0 aromatic rings. The largest absolute Gasteiger partial charge is 0.393 e. The number of piperidine rings is 1. The van der Waals surface area contributed by atoms with Gasteiger partial charge < -0.3 is 20.1 Å². The number of aliphatic hydroxyl groups excluding tert-OH is 1. The number of ether oxygens (including phenoxy) is 1. The summed E-state index contributed by atoms with van der Waals surface area (Å²) >= 11 is 0. The van der Waals surface area contributed by atoms with E-state index in [1.807, 2.05) is 0 Å². The number of nitrogens with zero attached hydrogens (tertiary/aromatic N) is 2. The van der Waals surface area contributed by atoms with Crippen molar-refractivity contribution >= 4 is 5.96 Å². The van der Waals surface area contributed by atoms with Crippen molar-refractivity contribution in [2.45, 2.75) is 78.0 Å². The van der Waals surface area contributed by atoms with Crippen molar-refractivity contribution in [2.24, 2.45) is 10.4 Å². The number of hydrogen-bond donors (Lipinski definition) is 2. The van der Waals surface area contributed by atoms with E-state index >= 15 is 0 Å². The molecule has 2 aliphatic rings. The molecule has 2 atom stereocenters. The molecule has 1 saturated heterocycles. The Morgan fingerprint density at radius 3 is 2.57 bits per heavy atom. The van der Waals surface area contributed by atoms with Gasteiger partial charge in [0, 0.05) is 37.7 Å². The summed E-state index contributed by atoms with van der Waals surface area (Å²) in [6.45, 7) is 12.3. The van der Waals surface area contributed by atoms with Crippen molar-refractivity contribution in [3.8, 4) is 0 Å². The monoisotopic (exact) mass is 325 g/mol. The van der Waals surface area contributed by atoms with Crippen LogP contribution in [0.1, 0.15) is 59.8 Å². The molecule has 0 aromatic carbocycles. The minimum absolute atomic E-state index is 0.136. The molecule has 1 aliphatic heterocycles. The number of likely N-dealkylation sites (tertiary alicyclic amines) is 1. The molecule has 0 spiro atoms. The lowest BCUT2D eigenvalue weighted by Gasteiger charge is -2.52. The minimum Gasteiger partial charge on any atom is -0.393 e. The molecule has 5 heteroatoms. The first-order valence-corrected chi connectivity index (χ1v) is 9.34. The van der Waals surface area contributed by atoms with Gasteiger partial charge in [-0.05, 0) is 32.6 Å². The van der Waals surface area contributed by atoms with Crippen molar-refractivity contribution in [1.29, 1.82) is 0 Å². The van der Waals surface area contributed by atoms with Gasteiger partial charge in [0.05, 0.1) is 12.2 Å². The lowest BCUT2D eigenvalue weighted by Crippen LogP contribution is -2.64. The van der Waals surface area contributed by atoms with Gasteiger partial charge in [0.25, 0.3) is 0 Å². The summed E-state index contributed by atoms with van der Waals surface area (Å²) in [5.41, 5.74) is 0.136. The quantitative estimate of drug-likeness (QED) is 0.447. The van der Waals surface area contributed by atoms with E-state index in [9.17, 15) is 5.11 Å². The summed E-state index contributed by atoms with van der Waals surface area (Å²) in [6, 6.07) is 0.409. The second kappa shape index (κ2) is 8.34. The Kier molecular flexibility index (Phi) is 6.72. The second-order valence-corrected chi connectivity index (χ2v) is 7.48. The van der Waals surface area contributed by atoms with Crippen LogP contribution < -0.4 is 5.32 Å². The first kappa shape index (κ1) is 18.5. The number of hydrogen-bond acceptors (Lipinski definition) is 3. The van der Waals surface area contributed by atoms with Crippen LogP contribution in [0.3, 0.4) is 0 Å². The van der Waals surface area contributed by atoms with Crippen LogP contribution in [0.5, 0.6) is 0 Å². The second-order valence-electron chi connectivity index (χ2n) is 7.48. The molecule has 0 amide bonds. The van der Waals surface area contributed by atoms with E-state index in [1.165, 1.54) is 6.42 Å². The minimum atomic E-state index is -0.148. The summed E-state index contributed by atoms with van der Waals surface area (Å²) < 4.78 is 6.04. The smallest absolute Gasteiger partial charge is 0.194 e. The molecule has 0 bridgehead atoms. The van der Waals surface area contributed by atoms with Crippen molar-refractivity contribution < 1.29 is 9.84 Å². The molecule has 1 heterocycles. The Morgan fingerprint density at radius 2 is 2.00 bits per heavy atom. The lowest BCUT2D eigenvalue weighted by molar-refractivity contribution is -0.114. The number of rotatable bonds is 6. The van der Waals surface area contributed by atoms with Crippen LogP contribution >= 0.6 is 0 Å². The van der Waals surface area contributed by atoms with Crippen LogP contribution in [0, 0.1) is 5.41 Å². The van der Waals surface area contributed by atoms with Crippen LogP contribution in [0.2, 0.25) is 0 Å². The topological polar surface area (TPSA) is 57.1 Å². The Morgan fingerprint density at radius 1 is 1.30 bits per heavy atom. The Hall–Kier alpha value is -0.810. The Labute approximate surface area is 141 Å². The number of aliphatic imine (C=N–C) groups is 1. The third kappa shape index (κ3) is 4.60. The highest BCUT2D eigenvalue weighted by molar-refractivity contribution is 5.80. The predicted octanol–water partition coefficient (Wildman–Crippen LogP) is 2.39. The molecule has 2 fully saturated rings. The molecule has 134 valence electrons. The zero-order chi connectivity index (χ0) is 16.9. The molecule has 23 heavy (non-hydrogen) atoms. The molecule has 2 rings (SSSR count). The molecule has 0 radical (unpaired) electrons. The van der Waals surface area contributed by atoms with Gasteiger partial charge in [-0.15, -0.1) is 0 Å². The highest BCUT2D eigenvalue weighted by atomic mass is 16.5. The summed E-state index contributed by atoms with van der Waals surface area (Å²) in [4.78, 5) is 6.96. The number of unbranched alkanes of at least 4 members (excludes halogenated alkanes) is 1. The number of nitrogens with one attached hydrogen (secondary N) is 1. The van der Waals surface area contributed by atoms with Gasteiger partial charge in [-0.2, -0.15) is 0 Å². The molecule has 2 N–H and O–H groups in total. The summed E-state index contributed by atoms with van der Waals surface area (Å²) in [5, 5.41) is 13.4.